The summed E-state index contributed by atoms with van der Waals surface area (Å²) in [6.45, 7) is 4.72. The Morgan fingerprint density at radius 2 is 1.88 bits per heavy atom. The van der Waals surface area contributed by atoms with Crippen LogP contribution in [0.15, 0.2) is 0 Å². The second-order valence-electron chi connectivity index (χ2n) is 5.37. The van der Waals surface area contributed by atoms with Crippen LogP contribution in [0.3, 0.4) is 0 Å². The van der Waals surface area contributed by atoms with Crippen LogP contribution in [0.1, 0.15) is 39.5 Å². The van der Waals surface area contributed by atoms with Crippen molar-refractivity contribution in [1.82, 2.24) is 10.6 Å². The molecule has 1 aliphatic carbocycles. The number of carbonyl (C=O) groups excluding carboxylic acids is 2. The van der Waals surface area contributed by atoms with E-state index in [1.54, 1.807) is 0 Å². The van der Waals surface area contributed by atoms with Crippen LogP contribution in [0.2, 0.25) is 0 Å². The van der Waals surface area contributed by atoms with Crippen LogP contribution in [0.25, 0.3) is 0 Å². The molecule has 0 radical (unpaired) electrons. The summed E-state index contributed by atoms with van der Waals surface area (Å²) in [5.41, 5.74) is 5.63. The lowest BCUT2D eigenvalue weighted by Crippen LogP contribution is -2.50. The fourth-order valence-electron chi connectivity index (χ4n) is 1.75. The summed E-state index contributed by atoms with van der Waals surface area (Å²) in [6, 6.07) is 0. The molecule has 1 aliphatic rings. The minimum Gasteiger partial charge on any atom is -0.354 e. The zero-order valence-electron chi connectivity index (χ0n) is 10.7. The highest BCUT2D eigenvalue weighted by Gasteiger charge is 2.34. The lowest BCUT2D eigenvalue weighted by atomic mass is 9.75. The Kier molecular flexibility index (Phi) is 4.93. The largest absolute Gasteiger partial charge is 0.354 e. The molecule has 0 heterocycles. The standard InChI is InChI=1S/C12H23N3O2/c1-9(2)7-14-11(17)8-15-10(16)6-12(13)4-3-5-12/h9H,3-8,13H2,1-2H3,(H,14,17)(H,15,16). The molecule has 4 N–H and O–H groups in total. The quantitative estimate of drug-likeness (QED) is 0.618. The minimum atomic E-state index is -0.321. The summed E-state index contributed by atoms with van der Waals surface area (Å²) >= 11 is 0. The molecular weight excluding hydrogens is 218 g/mol. The van der Waals surface area contributed by atoms with Crippen molar-refractivity contribution in [1.29, 1.82) is 0 Å². The molecule has 0 aliphatic heterocycles. The Morgan fingerprint density at radius 1 is 1.24 bits per heavy atom. The van der Waals surface area contributed by atoms with E-state index in [1.165, 1.54) is 0 Å². The SMILES string of the molecule is CC(C)CNC(=O)CNC(=O)CC1(N)CCC1. The van der Waals surface area contributed by atoms with Crippen molar-refractivity contribution in [3.63, 3.8) is 0 Å². The molecule has 0 bridgehead atoms. The van der Waals surface area contributed by atoms with Crippen molar-refractivity contribution < 1.29 is 9.59 Å². The summed E-state index contributed by atoms with van der Waals surface area (Å²) in [7, 11) is 0. The lowest BCUT2D eigenvalue weighted by molar-refractivity contribution is -0.127. The number of hydrogen-bond acceptors (Lipinski definition) is 3. The first-order valence-electron chi connectivity index (χ1n) is 6.23. The molecule has 0 atom stereocenters. The van der Waals surface area contributed by atoms with E-state index in [0.717, 1.165) is 19.3 Å². The fraction of sp³-hybridized carbons (Fsp3) is 0.833. The van der Waals surface area contributed by atoms with E-state index in [1.807, 2.05) is 13.8 Å². The Hall–Kier alpha value is -1.10. The molecule has 17 heavy (non-hydrogen) atoms. The van der Waals surface area contributed by atoms with Gasteiger partial charge in [-0.25, -0.2) is 0 Å². The lowest BCUT2D eigenvalue weighted by Gasteiger charge is -2.37. The number of carbonyl (C=O) groups is 2. The van der Waals surface area contributed by atoms with Gasteiger partial charge in [0.05, 0.1) is 6.54 Å². The minimum absolute atomic E-state index is 0.0433. The highest BCUT2D eigenvalue weighted by Crippen LogP contribution is 2.31. The maximum atomic E-state index is 11.5. The Morgan fingerprint density at radius 3 is 2.35 bits per heavy atom. The van der Waals surface area contributed by atoms with E-state index >= 15 is 0 Å². The molecule has 1 rings (SSSR count). The highest BCUT2D eigenvalue weighted by atomic mass is 16.2. The highest BCUT2D eigenvalue weighted by molar-refractivity contribution is 5.85. The van der Waals surface area contributed by atoms with Crippen molar-refractivity contribution in [2.45, 2.75) is 45.1 Å². The number of nitrogens with one attached hydrogen (secondary N) is 2. The van der Waals surface area contributed by atoms with E-state index in [2.05, 4.69) is 10.6 Å². The third-order valence-electron chi connectivity index (χ3n) is 3.02. The third kappa shape index (κ3) is 5.17. The maximum Gasteiger partial charge on any atom is 0.239 e. The van der Waals surface area contributed by atoms with Crippen LogP contribution in [0, 0.1) is 5.92 Å². The smallest absolute Gasteiger partial charge is 0.239 e. The maximum absolute atomic E-state index is 11.5. The van der Waals surface area contributed by atoms with E-state index in [4.69, 9.17) is 5.73 Å². The van der Waals surface area contributed by atoms with E-state index in [9.17, 15) is 9.59 Å². The average Bonchev–Trinajstić information content (AvgIpc) is 2.21. The fourth-order valence-corrected chi connectivity index (χ4v) is 1.75. The van der Waals surface area contributed by atoms with E-state index < -0.39 is 0 Å². The summed E-state index contributed by atoms with van der Waals surface area (Å²) in [5, 5.41) is 5.34. The van der Waals surface area contributed by atoms with Gasteiger partial charge in [0.25, 0.3) is 0 Å². The number of nitrogens with two attached hydrogens (primary N) is 1. The molecule has 5 heteroatoms. The van der Waals surface area contributed by atoms with Crippen molar-refractivity contribution in [3.05, 3.63) is 0 Å². The monoisotopic (exact) mass is 241 g/mol. The van der Waals surface area contributed by atoms with E-state index in [-0.39, 0.29) is 23.9 Å². The van der Waals surface area contributed by atoms with Gasteiger partial charge in [0.15, 0.2) is 0 Å². The molecule has 98 valence electrons. The predicted molar refractivity (Wildman–Crippen MR) is 66.2 cm³/mol. The first kappa shape index (κ1) is 14.0. The third-order valence-corrected chi connectivity index (χ3v) is 3.02. The molecule has 0 saturated heterocycles. The van der Waals surface area contributed by atoms with Gasteiger partial charge >= 0.3 is 0 Å². The summed E-state index contributed by atoms with van der Waals surface area (Å²) in [6.07, 6.45) is 3.23. The molecular formula is C12H23N3O2. The number of hydrogen-bond donors (Lipinski definition) is 3. The van der Waals surface area contributed by atoms with Crippen LogP contribution >= 0.6 is 0 Å². The Balaban J connectivity index is 2.12. The Bertz CT molecular complexity index is 285. The van der Waals surface area contributed by atoms with Crippen molar-refractivity contribution >= 4 is 11.8 Å². The summed E-state index contributed by atoms with van der Waals surface area (Å²) < 4.78 is 0. The van der Waals surface area contributed by atoms with Crippen LogP contribution < -0.4 is 16.4 Å². The van der Waals surface area contributed by atoms with Crippen LogP contribution in [0.5, 0.6) is 0 Å². The summed E-state index contributed by atoms with van der Waals surface area (Å²) in [5.74, 6) is 0.135. The molecule has 0 aromatic rings. The Labute approximate surface area is 103 Å². The molecule has 2 amide bonds. The second-order valence-corrected chi connectivity index (χ2v) is 5.37. The topological polar surface area (TPSA) is 84.2 Å². The van der Waals surface area contributed by atoms with Gasteiger partial charge < -0.3 is 16.4 Å². The van der Waals surface area contributed by atoms with Crippen LogP contribution in [-0.4, -0.2) is 30.4 Å². The first-order valence-corrected chi connectivity index (χ1v) is 6.23. The van der Waals surface area contributed by atoms with Crippen molar-refractivity contribution in [2.75, 3.05) is 13.1 Å². The predicted octanol–water partition coefficient (Wildman–Crippen LogP) is 0.146. The second kappa shape index (κ2) is 6.00. The molecule has 0 aromatic carbocycles. The van der Waals surface area contributed by atoms with Gasteiger partial charge in [-0.2, -0.15) is 0 Å². The molecule has 0 spiro atoms. The molecule has 0 aromatic heterocycles. The van der Waals surface area contributed by atoms with Gasteiger partial charge in [-0.3, -0.25) is 9.59 Å². The van der Waals surface area contributed by atoms with E-state index in [0.29, 0.717) is 18.9 Å². The molecule has 1 fully saturated rings. The van der Waals surface area contributed by atoms with Gasteiger partial charge in [-0.1, -0.05) is 13.8 Å². The number of amides is 2. The van der Waals surface area contributed by atoms with Crippen LogP contribution in [0.4, 0.5) is 0 Å². The zero-order chi connectivity index (χ0) is 12.9. The molecule has 1 saturated carbocycles. The molecule has 5 nitrogen and oxygen atoms in total. The van der Waals surface area contributed by atoms with Crippen molar-refractivity contribution in [3.8, 4) is 0 Å². The normalized spacial score (nSPS) is 17.4. The average molecular weight is 241 g/mol. The van der Waals surface area contributed by atoms with Gasteiger partial charge in [0.2, 0.25) is 11.8 Å². The summed E-state index contributed by atoms with van der Waals surface area (Å²) in [4.78, 5) is 22.9. The first-order chi connectivity index (χ1) is 7.91. The van der Waals surface area contributed by atoms with Crippen molar-refractivity contribution in [2.24, 2.45) is 11.7 Å². The van der Waals surface area contributed by atoms with Gasteiger partial charge in [0, 0.05) is 18.5 Å². The van der Waals surface area contributed by atoms with Crippen LogP contribution in [-0.2, 0) is 9.59 Å². The number of rotatable bonds is 6. The molecule has 0 unspecified atom stereocenters. The zero-order valence-corrected chi connectivity index (χ0v) is 10.7. The van der Waals surface area contributed by atoms with Gasteiger partial charge in [-0.15, -0.1) is 0 Å². The van der Waals surface area contributed by atoms with Gasteiger partial charge in [-0.05, 0) is 25.2 Å². The van der Waals surface area contributed by atoms with Gasteiger partial charge in [0.1, 0.15) is 0 Å².